The molecule has 5 fully saturated rings. The summed E-state index contributed by atoms with van der Waals surface area (Å²) in [7, 11) is 0. The van der Waals surface area contributed by atoms with E-state index in [4.69, 9.17) is 18.9 Å². The van der Waals surface area contributed by atoms with Crippen molar-refractivity contribution in [1.82, 2.24) is 0 Å². The minimum atomic E-state index is -1.10. The first-order valence-corrected chi connectivity index (χ1v) is 20.3. The van der Waals surface area contributed by atoms with Gasteiger partial charge in [0.2, 0.25) is 0 Å². The summed E-state index contributed by atoms with van der Waals surface area (Å²) in [6.45, 7) is 23.0. The van der Waals surface area contributed by atoms with Crippen molar-refractivity contribution in [2.45, 2.75) is 178 Å². The average molecular weight is 715 g/mol. The molecule has 0 aromatic rings. The molecule has 0 radical (unpaired) electrons. The predicted octanol–water partition coefficient (Wildman–Crippen LogP) is 9.25. The maximum absolute atomic E-state index is 12.4. The lowest BCUT2D eigenvalue weighted by atomic mass is 9.32. The molecule has 8 heteroatoms. The van der Waals surface area contributed by atoms with Gasteiger partial charge in [0.25, 0.3) is 0 Å². The minimum Gasteiger partial charge on any atom is -0.462 e. The highest BCUT2D eigenvalue weighted by Gasteiger charge is 2.70. The number of esters is 4. The first kappa shape index (κ1) is 40.1. The van der Waals surface area contributed by atoms with Crippen molar-refractivity contribution < 1.29 is 38.1 Å². The van der Waals surface area contributed by atoms with Crippen LogP contribution in [0, 0.1) is 62.6 Å². The fourth-order valence-electron chi connectivity index (χ4n) is 14.4. The van der Waals surface area contributed by atoms with E-state index < -0.39 is 42.2 Å². The highest BCUT2D eigenvalue weighted by molar-refractivity contribution is 5.68. The summed E-state index contributed by atoms with van der Waals surface area (Å²) in [5.41, 5.74) is 1.92. The third kappa shape index (κ3) is 7.25. The van der Waals surface area contributed by atoms with Crippen molar-refractivity contribution in [1.29, 1.82) is 0 Å². The van der Waals surface area contributed by atoms with Crippen molar-refractivity contribution in [2.75, 3.05) is 6.61 Å². The van der Waals surface area contributed by atoms with E-state index in [-0.39, 0.29) is 6.61 Å². The zero-order valence-corrected chi connectivity index (χ0v) is 33.9. The van der Waals surface area contributed by atoms with Crippen LogP contribution in [0.25, 0.3) is 0 Å². The van der Waals surface area contributed by atoms with Gasteiger partial charge in [0.15, 0.2) is 12.2 Å². The Hall–Kier alpha value is -2.12. The summed E-state index contributed by atoms with van der Waals surface area (Å²) >= 11 is 0. The van der Waals surface area contributed by atoms with Crippen LogP contribution < -0.4 is 0 Å². The van der Waals surface area contributed by atoms with E-state index in [2.05, 4.69) is 48.5 Å². The Morgan fingerprint density at radius 1 is 0.588 bits per heavy atom. The van der Waals surface area contributed by atoms with Crippen LogP contribution in [0.4, 0.5) is 0 Å². The number of ether oxygens (including phenoxy) is 4. The van der Waals surface area contributed by atoms with Crippen molar-refractivity contribution in [2.24, 2.45) is 62.6 Å². The predicted molar refractivity (Wildman–Crippen MR) is 196 cm³/mol. The third-order valence-electron chi connectivity index (χ3n) is 16.5. The lowest BCUT2D eigenvalue weighted by molar-refractivity contribution is -0.241. The fourth-order valence-corrected chi connectivity index (χ4v) is 14.4. The summed E-state index contributed by atoms with van der Waals surface area (Å²) in [5.74, 6) is 1.68. The van der Waals surface area contributed by atoms with Gasteiger partial charge in [0.05, 0.1) is 0 Å². The van der Waals surface area contributed by atoms with E-state index in [9.17, 15) is 19.2 Å². The van der Waals surface area contributed by atoms with Gasteiger partial charge in [-0.05, 0) is 140 Å². The standard InChI is InChI=1S/C43H70O8/c1-26(13-14-33(49-28(3)45)38(51-30(5)47)34(50-29(4)46)25-48-27(2)44)31-17-22-40(8)32(31)18-23-42(10)36(40)15-16-37-41(9)21-12-20-39(6,7)35(41)19-24-43(37,42)11/h26,31-38H,12-25H2,1-11H3/t26-,31-,32+,33-,34+,35+,36-,37-,38-,40+,41+,42-,43-/m1/s1. The third-order valence-corrected chi connectivity index (χ3v) is 16.5. The van der Waals surface area contributed by atoms with E-state index >= 15 is 0 Å². The van der Waals surface area contributed by atoms with Gasteiger partial charge in [-0.1, -0.05) is 54.9 Å². The van der Waals surface area contributed by atoms with E-state index in [0.717, 1.165) is 24.2 Å². The summed E-state index contributed by atoms with van der Waals surface area (Å²) < 4.78 is 22.1. The summed E-state index contributed by atoms with van der Waals surface area (Å²) in [6, 6.07) is 0. The summed E-state index contributed by atoms with van der Waals surface area (Å²) in [5, 5.41) is 0. The topological polar surface area (TPSA) is 105 Å². The molecule has 0 amide bonds. The Bertz CT molecular complexity index is 1320. The molecule has 0 aromatic heterocycles. The lowest BCUT2D eigenvalue weighted by Gasteiger charge is -2.73. The largest absolute Gasteiger partial charge is 0.462 e. The van der Waals surface area contributed by atoms with Crippen LogP contribution in [0.1, 0.15) is 160 Å². The van der Waals surface area contributed by atoms with Crippen molar-refractivity contribution in [3.05, 3.63) is 0 Å². The molecule has 0 aliphatic heterocycles. The van der Waals surface area contributed by atoms with Crippen LogP contribution in [0.15, 0.2) is 0 Å². The van der Waals surface area contributed by atoms with Gasteiger partial charge >= 0.3 is 23.9 Å². The zero-order valence-electron chi connectivity index (χ0n) is 33.9. The maximum atomic E-state index is 12.4. The lowest BCUT2D eigenvalue weighted by Crippen LogP contribution is -2.65. The van der Waals surface area contributed by atoms with Crippen LogP contribution in [-0.2, 0) is 38.1 Å². The van der Waals surface area contributed by atoms with Gasteiger partial charge < -0.3 is 18.9 Å². The molecule has 13 atom stereocenters. The number of carbonyl (C=O) groups excluding carboxylic acids is 4. The Balaban J connectivity index is 1.33. The van der Waals surface area contributed by atoms with Crippen LogP contribution in [0.5, 0.6) is 0 Å². The van der Waals surface area contributed by atoms with E-state index in [1.54, 1.807) is 0 Å². The average Bonchev–Trinajstić information content (AvgIpc) is 3.36. The van der Waals surface area contributed by atoms with Gasteiger partial charge in [0.1, 0.15) is 12.7 Å². The molecule has 5 aliphatic rings. The van der Waals surface area contributed by atoms with E-state index in [0.29, 0.717) is 51.2 Å². The van der Waals surface area contributed by atoms with Gasteiger partial charge in [-0.3, -0.25) is 19.2 Å². The molecule has 0 bridgehead atoms. The number of fused-ring (bicyclic) bond motifs is 7. The first-order chi connectivity index (χ1) is 23.7. The second kappa shape index (κ2) is 14.6. The highest BCUT2D eigenvalue weighted by atomic mass is 16.6. The Morgan fingerprint density at radius 2 is 1.16 bits per heavy atom. The second-order valence-corrected chi connectivity index (χ2v) is 19.5. The Kier molecular flexibility index (Phi) is 11.5. The quantitative estimate of drug-likeness (QED) is 0.154. The van der Waals surface area contributed by atoms with Crippen LogP contribution >= 0.6 is 0 Å². The smallest absolute Gasteiger partial charge is 0.303 e. The van der Waals surface area contributed by atoms with Crippen molar-refractivity contribution >= 4 is 23.9 Å². The molecule has 5 aliphatic carbocycles. The van der Waals surface area contributed by atoms with Crippen LogP contribution in [0.2, 0.25) is 0 Å². The highest BCUT2D eigenvalue weighted by Crippen LogP contribution is 2.78. The van der Waals surface area contributed by atoms with Gasteiger partial charge in [-0.2, -0.15) is 0 Å². The van der Waals surface area contributed by atoms with Gasteiger partial charge in [-0.15, -0.1) is 0 Å². The molecular weight excluding hydrogens is 644 g/mol. The van der Waals surface area contributed by atoms with Crippen LogP contribution in [0.3, 0.4) is 0 Å². The minimum absolute atomic E-state index is 0.305. The molecule has 0 spiro atoms. The number of rotatable bonds is 11. The van der Waals surface area contributed by atoms with Crippen LogP contribution in [-0.4, -0.2) is 48.8 Å². The molecule has 0 N–H and O–H groups in total. The number of hydrogen-bond donors (Lipinski definition) is 0. The molecule has 5 saturated carbocycles. The Labute approximate surface area is 308 Å². The normalized spacial score (nSPS) is 40.5. The van der Waals surface area contributed by atoms with E-state index in [1.165, 1.54) is 98.3 Å². The maximum Gasteiger partial charge on any atom is 0.303 e. The molecule has 51 heavy (non-hydrogen) atoms. The van der Waals surface area contributed by atoms with Crippen molar-refractivity contribution in [3.8, 4) is 0 Å². The molecule has 0 unspecified atom stereocenters. The van der Waals surface area contributed by atoms with Gasteiger partial charge in [0, 0.05) is 27.7 Å². The molecule has 5 rings (SSSR count). The molecule has 0 saturated heterocycles. The molecule has 0 aromatic carbocycles. The summed E-state index contributed by atoms with van der Waals surface area (Å²) in [4.78, 5) is 48.3. The zero-order chi connectivity index (χ0) is 37.7. The Morgan fingerprint density at radius 3 is 1.75 bits per heavy atom. The SMILES string of the molecule is CC(=O)OC[C@H](OC(C)=O)[C@H](OC(C)=O)[C@@H](CC[C@@H](C)[C@H]1CC[C@]2(C)[C@H]3CC[C@@H]4[C@@]5(C)CCCC(C)(C)[C@@H]5CC[C@@]4(C)[C@]3(C)CC[C@@H]12)OC(C)=O. The molecule has 8 nitrogen and oxygen atoms in total. The fraction of sp³-hybridized carbons (Fsp3) is 0.907. The monoisotopic (exact) mass is 715 g/mol. The number of carbonyl (C=O) groups is 4. The second-order valence-electron chi connectivity index (χ2n) is 19.5. The molecular formula is C43H70O8. The number of hydrogen-bond acceptors (Lipinski definition) is 8. The van der Waals surface area contributed by atoms with Gasteiger partial charge in [-0.25, -0.2) is 0 Å². The molecule has 0 heterocycles. The van der Waals surface area contributed by atoms with Crippen molar-refractivity contribution in [3.63, 3.8) is 0 Å². The first-order valence-electron chi connectivity index (χ1n) is 20.3. The molecule has 290 valence electrons. The summed E-state index contributed by atoms with van der Waals surface area (Å²) in [6.07, 6.45) is 12.8. The van der Waals surface area contributed by atoms with E-state index in [1.807, 2.05) is 0 Å².